The Bertz CT molecular complexity index is 775. The van der Waals surface area contributed by atoms with Gasteiger partial charge in [-0.25, -0.2) is 9.18 Å². The molecule has 5 rings (SSSR count). The van der Waals surface area contributed by atoms with Crippen LogP contribution in [-0.2, 0) is 0 Å². The topological polar surface area (TPSA) is 56.7 Å². The predicted molar refractivity (Wildman–Crippen MR) is 93.1 cm³/mol. The number of hydrogen-bond acceptors (Lipinski definition) is 3. The van der Waals surface area contributed by atoms with Crippen molar-refractivity contribution in [2.24, 2.45) is 5.92 Å². The van der Waals surface area contributed by atoms with E-state index in [2.05, 4.69) is 9.88 Å². The number of nitrogens with zero attached hydrogens (tertiary/aromatic N) is 3. The predicted octanol–water partition coefficient (Wildman–Crippen LogP) is 3.47. The second-order valence-electron chi connectivity index (χ2n) is 6.76. The minimum Gasteiger partial charge on any atom is -0.465 e. The Morgan fingerprint density at radius 1 is 1.20 bits per heavy atom. The summed E-state index contributed by atoms with van der Waals surface area (Å²) in [5.74, 6) is -0.0220. The molecular weight excluding hydrogens is 321 g/mol. The average Bonchev–Trinajstić information content (AvgIpc) is 2.64. The Hall–Kier alpha value is -2.47. The average molecular weight is 341 g/mol. The fourth-order valence-corrected chi connectivity index (χ4v) is 4.13. The van der Waals surface area contributed by atoms with E-state index < -0.39 is 6.09 Å². The number of anilines is 1. The van der Waals surface area contributed by atoms with Gasteiger partial charge in [-0.1, -0.05) is 0 Å². The highest BCUT2D eigenvalue weighted by molar-refractivity contribution is 5.93. The van der Waals surface area contributed by atoms with E-state index in [9.17, 15) is 14.3 Å². The van der Waals surface area contributed by atoms with E-state index in [0.29, 0.717) is 17.2 Å². The lowest BCUT2D eigenvalue weighted by molar-refractivity contribution is 0.0837. The van der Waals surface area contributed by atoms with Crippen molar-refractivity contribution in [3.05, 3.63) is 48.5 Å². The minimum absolute atomic E-state index is 0.0916. The fraction of sp³-hybridized carbons (Fsp3) is 0.368. The Morgan fingerprint density at radius 3 is 2.52 bits per heavy atom. The molecule has 6 heteroatoms. The van der Waals surface area contributed by atoms with E-state index in [4.69, 9.17) is 0 Å². The Morgan fingerprint density at radius 2 is 1.92 bits per heavy atom. The van der Waals surface area contributed by atoms with Crippen LogP contribution in [0.5, 0.6) is 0 Å². The molecular formula is C19H20FN3O2. The second-order valence-corrected chi connectivity index (χ2v) is 6.76. The molecule has 2 aromatic rings. The van der Waals surface area contributed by atoms with Crippen LogP contribution in [0.2, 0.25) is 0 Å². The van der Waals surface area contributed by atoms with Crippen LogP contribution in [-0.4, -0.2) is 46.8 Å². The summed E-state index contributed by atoms with van der Waals surface area (Å²) in [6, 6.07) is 7.77. The molecule has 4 heterocycles. The van der Waals surface area contributed by atoms with Gasteiger partial charge >= 0.3 is 6.09 Å². The zero-order valence-electron chi connectivity index (χ0n) is 13.8. The number of fused-ring (bicyclic) bond motifs is 3. The van der Waals surface area contributed by atoms with Crippen molar-refractivity contribution >= 4 is 11.8 Å². The van der Waals surface area contributed by atoms with Crippen molar-refractivity contribution in [2.75, 3.05) is 24.5 Å². The van der Waals surface area contributed by atoms with Crippen LogP contribution in [0.3, 0.4) is 0 Å². The van der Waals surface area contributed by atoms with Crippen LogP contribution in [0, 0.1) is 11.7 Å². The van der Waals surface area contributed by atoms with Crippen molar-refractivity contribution < 1.29 is 14.3 Å². The molecule has 3 fully saturated rings. The normalized spacial score (nSPS) is 24.9. The van der Waals surface area contributed by atoms with Crippen LogP contribution in [0.1, 0.15) is 12.8 Å². The maximum atomic E-state index is 13.9. The number of pyridine rings is 1. The quantitative estimate of drug-likeness (QED) is 0.929. The summed E-state index contributed by atoms with van der Waals surface area (Å²) in [6.45, 7) is 2.81. The van der Waals surface area contributed by atoms with Gasteiger partial charge in [0.05, 0.1) is 11.7 Å². The van der Waals surface area contributed by atoms with Gasteiger partial charge in [-0.05, 0) is 67.7 Å². The van der Waals surface area contributed by atoms with Crippen molar-refractivity contribution in [3.8, 4) is 11.1 Å². The van der Waals surface area contributed by atoms with Crippen LogP contribution in [0.4, 0.5) is 14.9 Å². The maximum Gasteiger partial charge on any atom is 0.412 e. The van der Waals surface area contributed by atoms with Gasteiger partial charge in [0.1, 0.15) is 5.82 Å². The SMILES string of the molecule is O=C(O)N(c1ccc(F)cc1-c1ccncc1)[C@H]1CN2CCC1CC2. The van der Waals surface area contributed by atoms with Gasteiger partial charge in [0.2, 0.25) is 0 Å². The van der Waals surface area contributed by atoms with E-state index in [1.54, 1.807) is 30.6 Å². The summed E-state index contributed by atoms with van der Waals surface area (Å²) >= 11 is 0. The molecule has 0 unspecified atom stereocenters. The van der Waals surface area contributed by atoms with Gasteiger partial charge in [-0.3, -0.25) is 9.88 Å². The molecule has 0 spiro atoms. The molecule has 25 heavy (non-hydrogen) atoms. The molecule has 3 saturated heterocycles. The molecule has 3 aliphatic rings. The molecule has 0 saturated carbocycles. The third-order valence-corrected chi connectivity index (χ3v) is 5.37. The molecule has 1 amide bonds. The highest BCUT2D eigenvalue weighted by atomic mass is 19.1. The number of rotatable bonds is 3. The zero-order chi connectivity index (χ0) is 17.4. The highest BCUT2D eigenvalue weighted by Gasteiger charge is 2.40. The van der Waals surface area contributed by atoms with Gasteiger partial charge in [0.25, 0.3) is 0 Å². The number of carboxylic acid groups (broad SMARTS) is 1. The monoisotopic (exact) mass is 341 g/mol. The number of halogens is 1. The standard InChI is InChI=1S/C19H20FN3O2/c20-15-1-2-17(16(11-15)13-3-7-21-8-4-13)23(19(24)25)18-12-22-9-5-14(18)6-10-22/h1-4,7-8,11,14,18H,5-6,9-10,12H2,(H,24,25)/t18-/m0/s1. The number of piperidine rings is 3. The van der Waals surface area contributed by atoms with Crippen LogP contribution in [0.25, 0.3) is 11.1 Å². The van der Waals surface area contributed by atoms with Crippen LogP contribution >= 0.6 is 0 Å². The summed E-state index contributed by atoms with van der Waals surface area (Å²) in [7, 11) is 0. The molecule has 0 radical (unpaired) electrons. The lowest BCUT2D eigenvalue weighted by Crippen LogP contribution is -2.58. The molecule has 1 aromatic heterocycles. The summed E-state index contributed by atoms with van der Waals surface area (Å²) in [5, 5.41) is 9.95. The van der Waals surface area contributed by atoms with Gasteiger partial charge in [0.15, 0.2) is 0 Å². The summed E-state index contributed by atoms with van der Waals surface area (Å²) in [4.78, 5) is 19.9. The van der Waals surface area contributed by atoms with Gasteiger partial charge in [-0.15, -0.1) is 0 Å². The van der Waals surface area contributed by atoms with Crippen molar-refractivity contribution in [1.82, 2.24) is 9.88 Å². The van der Waals surface area contributed by atoms with Gasteiger partial charge in [0, 0.05) is 24.5 Å². The van der Waals surface area contributed by atoms with E-state index in [1.807, 2.05) is 0 Å². The maximum absolute atomic E-state index is 13.9. The first-order valence-electron chi connectivity index (χ1n) is 8.58. The van der Waals surface area contributed by atoms with E-state index >= 15 is 0 Å². The highest BCUT2D eigenvalue weighted by Crippen LogP contribution is 2.38. The summed E-state index contributed by atoms with van der Waals surface area (Å²) in [5.41, 5.74) is 1.89. The molecule has 2 bridgehead atoms. The summed E-state index contributed by atoms with van der Waals surface area (Å²) < 4.78 is 13.9. The Balaban J connectivity index is 1.79. The van der Waals surface area contributed by atoms with Crippen LogP contribution in [0.15, 0.2) is 42.7 Å². The first kappa shape index (κ1) is 16.0. The number of benzene rings is 1. The zero-order valence-corrected chi connectivity index (χ0v) is 13.8. The number of amides is 1. The third-order valence-electron chi connectivity index (χ3n) is 5.37. The van der Waals surface area contributed by atoms with Gasteiger partial charge < -0.3 is 10.0 Å². The summed E-state index contributed by atoms with van der Waals surface area (Å²) in [6.07, 6.45) is 4.30. The first-order chi connectivity index (χ1) is 12.1. The Labute approximate surface area is 145 Å². The van der Waals surface area contributed by atoms with E-state index in [0.717, 1.165) is 38.0 Å². The molecule has 130 valence electrons. The molecule has 0 aliphatic carbocycles. The number of aromatic nitrogens is 1. The molecule has 1 N–H and O–H groups in total. The molecule has 3 aliphatic heterocycles. The molecule has 5 nitrogen and oxygen atoms in total. The number of hydrogen-bond donors (Lipinski definition) is 1. The smallest absolute Gasteiger partial charge is 0.412 e. The fourth-order valence-electron chi connectivity index (χ4n) is 4.13. The number of carbonyl (C=O) groups is 1. The van der Waals surface area contributed by atoms with Gasteiger partial charge in [-0.2, -0.15) is 0 Å². The van der Waals surface area contributed by atoms with E-state index in [1.165, 1.54) is 17.0 Å². The second kappa shape index (κ2) is 6.44. The third kappa shape index (κ3) is 2.98. The van der Waals surface area contributed by atoms with Crippen molar-refractivity contribution in [3.63, 3.8) is 0 Å². The Kier molecular flexibility index (Phi) is 4.13. The molecule has 1 atom stereocenters. The van der Waals surface area contributed by atoms with E-state index in [-0.39, 0.29) is 11.9 Å². The molecule has 1 aromatic carbocycles. The van der Waals surface area contributed by atoms with Crippen LogP contribution < -0.4 is 4.90 Å². The van der Waals surface area contributed by atoms with Crippen molar-refractivity contribution in [2.45, 2.75) is 18.9 Å². The van der Waals surface area contributed by atoms with Crippen molar-refractivity contribution in [1.29, 1.82) is 0 Å². The minimum atomic E-state index is -0.985. The first-order valence-corrected chi connectivity index (χ1v) is 8.58. The largest absolute Gasteiger partial charge is 0.465 e. The lowest BCUT2D eigenvalue weighted by atomic mass is 9.82. The lowest BCUT2D eigenvalue weighted by Gasteiger charge is -2.48.